The topological polar surface area (TPSA) is 95.9 Å². The van der Waals surface area contributed by atoms with Gasteiger partial charge >= 0.3 is 0 Å². The molecule has 2 heterocycles. The highest BCUT2D eigenvalue weighted by molar-refractivity contribution is 9.10. The number of nitrogens with one attached hydrogen (secondary N) is 2. The average molecular weight is 542 g/mol. The van der Waals surface area contributed by atoms with Crippen LogP contribution in [0.4, 0.5) is 11.5 Å². The number of fused-ring (bicyclic) bond motifs is 2. The molecule has 7 nitrogen and oxygen atoms in total. The first-order chi connectivity index (χ1) is 16.7. The molecule has 0 atom stereocenters. The molecule has 9 heteroatoms. The van der Waals surface area contributed by atoms with Crippen molar-refractivity contribution >= 4 is 49.1 Å². The molecule has 0 aliphatic carbocycles. The molecule has 0 spiro atoms. The maximum atomic E-state index is 9.22. The van der Waals surface area contributed by atoms with E-state index in [2.05, 4.69) is 44.8 Å². The molecule has 0 saturated carbocycles. The smallest absolute Gasteiger partial charge is 0.161 e. The van der Waals surface area contributed by atoms with E-state index in [1.165, 1.54) is 11.5 Å². The lowest BCUT2D eigenvalue weighted by atomic mass is 10.0. The van der Waals surface area contributed by atoms with Gasteiger partial charge in [0.1, 0.15) is 13.2 Å². The second-order valence-electron chi connectivity index (χ2n) is 7.95. The highest BCUT2D eigenvalue weighted by Crippen LogP contribution is 2.40. The van der Waals surface area contributed by atoms with Gasteiger partial charge in [-0.1, -0.05) is 24.3 Å². The van der Waals surface area contributed by atoms with Gasteiger partial charge in [0.2, 0.25) is 0 Å². The molecule has 1 aliphatic rings. The largest absolute Gasteiger partial charge is 0.486 e. The summed E-state index contributed by atoms with van der Waals surface area (Å²) < 4.78 is 18.1. The van der Waals surface area contributed by atoms with Crippen molar-refractivity contribution in [2.45, 2.75) is 12.6 Å². The lowest BCUT2D eigenvalue weighted by Crippen LogP contribution is -2.35. The first kappa shape index (κ1) is 23.1. The number of anilines is 2. The number of ether oxygens (including phenoxy) is 2. The van der Waals surface area contributed by atoms with Crippen molar-refractivity contribution in [3.63, 3.8) is 0 Å². The molecule has 0 saturated heterocycles. The van der Waals surface area contributed by atoms with Gasteiger partial charge in [0.25, 0.3) is 0 Å². The molecule has 3 aromatic carbocycles. The van der Waals surface area contributed by atoms with Gasteiger partial charge in [-0.2, -0.15) is 4.37 Å². The first-order valence-corrected chi connectivity index (χ1v) is 12.5. The predicted octanol–water partition coefficient (Wildman–Crippen LogP) is 4.68. The van der Waals surface area contributed by atoms with Crippen LogP contribution >= 0.6 is 27.5 Å². The Balaban J connectivity index is 1.39. The summed E-state index contributed by atoms with van der Waals surface area (Å²) in [5.41, 5.74) is 4.10. The highest BCUT2D eigenvalue weighted by atomic mass is 79.9. The van der Waals surface area contributed by atoms with E-state index in [-0.39, 0.29) is 19.3 Å². The van der Waals surface area contributed by atoms with Gasteiger partial charge in [-0.3, -0.25) is 0 Å². The number of halogens is 1. The quantitative estimate of drug-likeness (QED) is 0.257. The van der Waals surface area contributed by atoms with E-state index in [1.807, 2.05) is 36.4 Å². The lowest BCUT2D eigenvalue weighted by molar-refractivity contribution is 0.170. The Morgan fingerprint density at radius 3 is 2.62 bits per heavy atom. The number of nitrogens with zero attached hydrogens (tertiary/aromatic N) is 1. The van der Waals surface area contributed by atoms with Crippen LogP contribution in [0, 0.1) is 0 Å². The van der Waals surface area contributed by atoms with Crippen LogP contribution in [0.25, 0.3) is 21.2 Å². The molecular weight excluding hydrogens is 518 g/mol. The summed E-state index contributed by atoms with van der Waals surface area (Å²) in [4.78, 5) is 0. The molecule has 176 valence electrons. The summed E-state index contributed by atoms with van der Waals surface area (Å²) in [6.07, 6.45) is 0. The molecule has 5 rings (SSSR count). The number of hydrogen-bond acceptors (Lipinski definition) is 8. The molecule has 0 radical (unpaired) electrons. The number of hydrogen-bond donors (Lipinski definition) is 4. The van der Waals surface area contributed by atoms with Crippen molar-refractivity contribution in [1.82, 2.24) is 9.69 Å². The Kier molecular flexibility index (Phi) is 6.98. The molecule has 4 N–H and O–H groups in total. The maximum Gasteiger partial charge on any atom is 0.161 e. The van der Waals surface area contributed by atoms with Gasteiger partial charge in [0.15, 0.2) is 17.3 Å². The SMILES string of the molecule is OCC(CO)NCc1ccc(Nc2nsc3c(-c4ccc5c(c4)OCCO5)cccc23)c(Br)c1. The Bertz CT molecular complexity index is 1310. The summed E-state index contributed by atoms with van der Waals surface area (Å²) in [5.74, 6) is 2.35. The van der Waals surface area contributed by atoms with Crippen LogP contribution in [0.3, 0.4) is 0 Å². The Morgan fingerprint density at radius 2 is 1.82 bits per heavy atom. The van der Waals surface area contributed by atoms with E-state index >= 15 is 0 Å². The minimum absolute atomic E-state index is 0.109. The summed E-state index contributed by atoms with van der Waals surface area (Å²) in [6.45, 7) is 1.46. The maximum absolute atomic E-state index is 9.22. The number of benzene rings is 3. The Hall–Kier alpha value is -2.69. The molecule has 34 heavy (non-hydrogen) atoms. The van der Waals surface area contributed by atoms with Gasteiger partial charge < -0.3 is 30.3 Å². The van der Waals surface area contributed by atoms with Crippen molar-refractivity contribution in [2.24, 2.45) is 0 Å². The third kappa shape index (κ3) is 4.75. The fraction of sp³-hybridized carbons (Fsp3) is 0.240. The summed E-state index contributed by atoms with van der Waals surface area (Å²) in [7, 11) is 0. The van der Waals surface area contributed by atoms with E-state index in [0.29, 0.717) is 19.8 Å². The van der Waals surface area contributed by atoms with Gasteiger partial charge in [0, 0.05) is 22.0 Å². The molecule has 0 bridgehead atoms. The molecule has 1 aromatic heterocycles. The molecular formula is C25H24BrN3O4S. The number of aliphatic hydroxyl groups is 2. The minimum atomic E-state index is -0.332. The monoisotopic (exact) mass is 541 g/mol. The van der Waals surface area contributed by atoms with Crippen LogP contribution in [0.5, 0.6) is 11.5 Å². The van der Waals surface area contributed by atoms with Crippen LogP contribution in [-0.4, -0.2) is 47.1 Å². The summed E-state index contributed by atoms with van der Waals surface area (Å²) in [5, 5.41) is 26.1. The predicted molar refractivity (Wildman–Crippen MR) is 138 cm³/mol. The van der Waals surface area contributed by atoms with Gasteiger partial charge in [-0.15, -0.1) is 0 Å². The Labute approximate surface area is 209 Å². The molecule has 0 unspecified atom stereocenters. The van der Waals surface area contributed by atoms with Crippen molar-refractivity contribution in [1.29, 1.82) is 0 Å². The van der Waals surface area contributed by atoms with Gasteiger partial charge in [0.05, 0.1) is 29.6 Å². The fourth-order valence-electron chi connectivity index (χ4n) is 3.84. The third-order valence-electron chi connectivity index (χ3n) is 5.67. The van der Waals surface area contributed by atoms with Gasteiger partial charge in [-0.25, -0.2) is 0 Å². The second kappa shape index (κ2) is 10.3. The molecule has 0 fully saturated rings. The highest BCUT2D eigenvalue weighted by Gasteiger charge is 2.16. The van der Waals surface area contributed by atoms with Crippen molar-refractivity contribution in [3.05, 3.63) is 64.6 Å². The van der Waals surface area contributed by atoms with Crippen LogP contribution in [0.1, 0.15) is 5.56 Å². The minimum Gasteiger partial charge on any atom is -0.486 e. The lowest BCUT2D eigenvalue weighted by Gasteiger charge is -2.19. The van der Waals surface area contributed by atoms with Crippen LogP contribution in [0.15, 0.2) is 59.1 Å². The molecule has 4 aromatic rings. The standard InChI is InChI=1S/C25H24BrN3O4S/c26-20-10-15(12-27-17(13-30)14-31)4-6-21(20)28-25-19-3-1-2-18(24(19)34-29-25)16-5-7-22-23(11-16)33-9-8-32-22/h1-7,10-11,17,27,30-31H,8-9,12-14H2,(H,28,29). The number of aliphatic hydroxyl groups excluding tert-OH is 2. The van der Waals surface area contributed by atoms with E-state index in [0.717, 1.165) is 54.3 Å². The van der Waals surface area contributed by atoms with Crippen LogP contribution < -0.4 is 20.1 Å². The third-order valence-corrected chi connectivity index (χ3v) is 7.23. The fourth-order valence-corrected chi connectivity index (χ4v) is 5.24. The number of aromatic nitrogens is 1. The second-order valence-corrected chi connectivity index (χ2v) is 9.58. The van der Waals surface area contributed by atoms with Crippen LogP contribution in [0.2, 0.25) is 0 Å². The van der Waals surface area contributed by atoms with Crippen molar-refractivity contribution in [2.75, 3.05) is 31.7 Å². The van der Waals surface area contributed by atoms with Crippen LogP contribution in [-0.2, 0) is 6.54 Å². The van der Waals surface area contributed by atoms with Crippen molar-refractivity contribution < 1.29 is 19.7 Å². The zero-order valence-electron chi connectivity index (χ0n) is 18.3. The van der Waals surface area contributed by atoms with Crippen molar-refractivity contribution in [3.8, 4) is 22.6 Å². The van der Waals surface area contributed by atoms with Gasteiger partial charge in [-0.05, 0) is 68.9 Å². The molecule has 0 amide bonds. The summed E-state index contributed by atoms with van der Waals surface area (Å²) in [6, 6.07) is 17.9. The zero-order chi connectivity index (χ0) is 23.5. The Morgan fingerprint density at radius 1 is 1.00 bits per heavy atom. The normalized spacial score (nSPS) is 12.9. The zero-order valence-corrected chi connectivity index (χ0v) is 20.7. The first-order valence-electron chi connectivity index (χ1n) is 10.9. The summed E-state index contributed by atoms with van der Waals surface area (Å²) >= 11 is 5.11. The van der Waals surface area contributed by atoms with E-state index in [9.17, 15) is 10.2 Å². The van der Waals surface area contributed by atoms with E-state index in [1.54, 1.807) is 0 Å². The average Bonchev–Trinajstić information content (AvgIpc) is 3.29. The van der Waals surface area contributed by atoms with E-state index < -0.39 is 0 Å². The van der Waals surface area contributed by atoms with E-state index in [4.69, 9.17) is 13.8 Å². The number of rotatable bonds is 8. The molecule has 1 aliphatic heterocycles.